The minimum Gasteiger partial charge on any atom is -0.361 e. The summed E-state index contributed by atoms with van der Waals surface area (Å²) in [4.78, 5) is 22.6. The first-order valence-electron chi connectivity index (χ1n) is 8.28. The van der Waals surface area contributed by atoms with Crippen LogP contribution in [0.15, 0.2) is 35.1 Å². The van der Waals surface area contributed by atoms with Crippen LogP contribution in [0.2, 0.25) is 0 Å². The van der Waals surface area contributed by atoms with Gasteiger partial charge in [0.2, 0.25) is 5.91 Å². The number of aromatic nitrogens is 3. The molecule has 0 fully saturated rings. The molecule has 1 N–H and O–H groups in total. The van der Waals surface area contributed by atoms with Gasteiger partial charge in [-0.2, -0.15) is 0 Å². The molecule has 0 spiro atoms. The molecule has 0 aromatic carbocycles. The number of carbonyl (C=O) groups is 1. The van der Waals surface area contributed by atoms with E-state index in [0.717, 1.165) is 40.6 Å². The average molecular weight is 354 g/mol. The van der Waals surface area contributed by atoms with Crippen LogP contribution in [0.25, 0.3) is 10.6 Å². The molecule has 0 bridgehead atoms. The third kappa shape index (κ3) is 3.46. The molecule has 3 aromatic rings. The molecular formula is C18H18N4O2S. The molecule has 128 valence electrons. The van der Waals surface area contributed by atoms with Crippen molar-refractivity contribution in [3.05, 3.63) is 52.6 Å². The highest BCUT2D eigenvalue weighted by molar-refractivity contribution is 7.15. The molecule has 0 saturated carbocycles. The van der Waals surface area contributed by atoms with Crippen LogP contribution in [0.1, 0.15) is 28.4 Å². The number of nitrogens with one attached hydrogen (secondary N) is 1. The van der Waals surface area contributed by atoms with E-state index < -0.39 is 0 Å². The minimum atomic E-state index is -0.0344. The molecule has 0 radical (unpaired) electrons. The van der Waals surface area contributed by atoms with Crippen LogP contribution in [0.4, 0.5) is 0 Å². The number of rotatable bonds is 4. The van der Waals surface area contributed by atoms with Crippen molar-refractivity contribution < 1.29 is 9.32 Å². The Balaban J connectivity index is 1.42. The van der Waals surface area contributed by atoms with E-state index in [9.17, 15) is 4.79 Å². The zero-order valence-electron chi connectivity index (χ0n) is 13.9. The summed E-state index contributed by atoms with van der Waals surface area (Å²) < 4.78 is 5.02. The van der Waals surface area contributed by atoms with Gasteiger partial charge in [-0.25, -0.2) is 4.98 Å². The van der Waals surface area contributed by atoms with E-state index in [1.54, 1.807) is 23.7 Å². The zero-order chi connectivity index (χ0) is 17.2. The highest BCUT2D eigenvalue weighted by atomic mass is 32.1. The number of pyridine rings is 1. The second-order valence-corrected chi connectivity index (χ2v) is 7.29. The van der Waals surface area contributed by atoms with Crippen LogP contribution in [0, 0.1) is 12.8 Å². The summed E-state index contributed by atoms with van der Waals surface area (Å²) >= 11 is 1.72. The number of carbonyl (C=O) groups excluding carboxylic acids is 1. The van der Waals surface area contributed by atoms with Gasteiger partial charge in [-0.1, -0.05) is 5.16 Å². The number of hydrogen-bond acceptors (Lipinski definition) is 6. The zero-order valence-corrected chi connectivity index (χ0v) is 14.7. The Bertz CT molecular complexity index is 888. The fourth-order valence-electron chi connectivity index (χ4n) is 3.04. The lowest BCUT2D eigenvalue weighted by Gasteiger charge is -2.20. The van der Waals surface area contributed by atoms with Gasteiger partial charge < -0.3 is 9.84 Å². The molecule has 0 aliphatic heterocycles. The smallest absolute Gasteiger partial charge is 0.223 e. The van der Waals surface area contributed by atoms with Crippen LogP contribution >= 0.6 is 11.3 Å². The summed E-state index contributed by atoms with van der Waals surface area (Å²) in [6.07, 6.45) is 6.00. The number of aryl methyl sites for hydroxylation is 2. The summed E-state index contributed by atoms with van der Waals surface area (Å²) in [5.74, 6) is 0.773. The highest BCUT2D eigenvalue weighted by Gasteiger charge is 2.27. The first-order chi connectivity index (χ1) is 12.2. The standard InChI is InChI=1S/C18H18N4O2S/c1-11-8-14(22-24-11)10-20-17(23)13-2-3-16-15(9-13)21-18(25-16)12-4-6-19-7-5-12/h4-8,13H,2-3,9-10H2,1H3,(H,20,23). The van der Waals surface area contributed by atoms with Gasteiger partial charge >= 0.3 is 0 Å². The Morgan fingerprint density at radius 3 is 3.00 bits per heavy atom. The molecule has 1 atom stereocenters. The van der Waals surface area contributed by atoms with E-state index in [4.69, 9.17) is 9.51 Å². The van der Waals surface area contributed by atoms with Gasteiger partial charge in [-0.05, 0) is 31.9 Å². The lowest BCUT2D eigenvalue weighted by Crippen LogP contribution is -2.33. The number of thiazole rings is 1. The molecule has 6 nitrogen and oxygen atoms in total. The highest BCUT2D eigenvalue weighted by Crippen LogP contribution is 2.34. The first kappa shape index (κ1) is 16.0. The van der Waals surface area contributed by atoms with Crippen LogP contribution < -0.4 is 5.32 Å². The van der Waals surface area contributed by atoms with Crippen LogP contribution in [-0.4, -0.2) is 21.0 Å². The third-order valence-electron chi connectivity index (χ3n) is 4.36. The van der Waals surface area contributed by atoms with Gasteiger partial charge in [0, 0.05) is 41.2 Å². The predicted molar refractivity (Wildman–Crippen MR) is 93.9 cm³/mol. The minimum absolute atomic E-state index is 0.0344. The topological polar surface area (TPSA) is 80.9 Å². The average Bonchev–Trinajstić information content (AvgIpc) is 3.25. The van der Waals surface area contributed by atoms with Crippen molar-refractivity contribution in [1.29, 1.82) is 0 Å². The summed E-state index contributed by atoms with van der Waals surface area (Å²) in [5.41, 5.74) is 2.88. The van der Waals surface area contributed by atoms with Crippen molar-refractivity contribution in [2.75, 3.05) is 0 Å². The number of fused-ring (bicyclic) bond motifs is 1. The third-order valence-corrected chi connectivity index (χ3v) is 5.56. The molecule has 1 amide bonds. The van der Waals surface area contributed by atoms with Gasteiger partial charge in [0.15, 0.2) is 0 Å². The molecule has 1 unspecified atom stereocenters. The van der Waals surface area contributed by atoms with Crippen molar-refractivity contribution in [3.8, 4) is 10.6 Å². The predicted octanol–water partition coefficient (Wildman–Crippen LogP) is 2.92. The Hall–Kier alpha value is -2.54. The molecule has 1 aliphatic rings. The van der Waals surface area contributed by atoms with Gasteiger partial charge in [0.05, 0.1) is 12.2 Å². The van der Waals surface area contributed by atoms with Crippen LogP contribution in [0.3, 0.4) is 0 Å². The van der Waals surface area contributed by atoms with E-state index in [-0.39, 0.29) is 11.8 Å². The lowest BCUT2D eigenvalue weighted by atomic mass is 9.90. The van der Waals surface area contributed by atoms with E-state index >= 15 is 0 Å². The normalized spacial score (nSPS) is 16.4. The molecule has 0 saturated heterocycles. The van der Waals surface area contributed by atoms with Crippen LogP contribution in [0.5, 0.6) is 0 Å². The van der Waals surface area contributed by atoms with Crippen molar-refractivity contribution >= 4 is 17.2 Å². The maximum atomic E-state index is 12.5. The van der Waals surface area contributed by atoms with Crippen LogP contribution in [-0.2, 0) is 24.2 Å². The molecular weight excluding hydrogens is 336 g/mol. The molecule has 4 rings (SSSR count). The van der Waals surface area contributed by atoms with E-state index in [2.05, 4.69) is 15.5 Å². The SMILES string of the molecule is Cc1cc(CNC(=O)C2CCc3sc(-c4ccncc4)nc3C2)no1. The molecule has 7 heteroatoms. The second kappa shape index (κ2) is 6.76. The maximum Gasteiger partial charge on any atom is 0.223 e. The maximum absolute atomic E-state index is 12.5. The van der Waals surface area contributed by atoms with E-state index in [1.807, 2.05) is 25.1 Å². The Labute approximate surface area is 149 Å². The summed E-state index contributed by atoms with van der Waals surface area (Å²) in [6.45, 7) is 2.24. The number of amides is 1. The monoisotopic (exact) mass is 354 g/mol. The fourth-order valence-corrected chi connectivity index (χ4v) is 4.15. The lowest BCUT2D eigenvalue weighted by molar-refractivity contribution is -0.125. The number of hydrogen-bond donors (Lipinski definition) is 1. The van der Waals surface area contributed by atoms with Crippen molar-refractivity contribution in [2.24, 2.45) is 5.92 Å². The summed E-state index contributed by atoms with van der Waals surface area (Å²) in [5, 5.41) is 7.86. The molecule has 3 heterocycles. The fraction of sp³-hybridized carbons (Fsp3) is 0.333. The Kier molecular flexibility index (Phi) is 4.31. The van der Waals surface area contributed by atoms with Gasteiger partial charge in [-0.3, -0.25) is 9.78 Å². The largest absolute Gasteiger partial charge is 0.361 e. The van der Waals surface area contributed by atoms with Crippen molar-refractivity contribution in [2.45, 2.75) is 32.7 Å². The van der Waals surface area contributed by atoms with Gasteiger partial charge in [0.1, 0.15) is 16.5 Å². The Morgan fingerprint density at radius 1 is 1.40 bits per heavy atom. The van der Waals surface area contributed by atoms with Gasteiger partial charge in [-0.15, -0.1) is 11.3 Å². The second-order valence-electron chi connectivity index (χ2n) is 6.21. The molecule has 1 aliphatic carbocycles. The molecule has 3 aromatic heterocycles. The van der Waals surface area contributed by atoms with E-state index in [0.29, 0.717) is 13.0 Å². The Morgan fingerprint density at radius 2 is 2.24 bits per heavy atom. The van der Waals surface area contributed by atoms with Crippen molar-refractivity contribution in [3.63, 3.8) is 0 Å². The quantitative estimate of drug-likeness (QED) is 0.779. The summed E-state index contributed by atoms with van der Waals surface area (Å²) in [6, 6.07) is 5.77. The number of nitrogens with zero attached hydrogens (tertiary/aromatic N) is 3. The molecule has 25 heavy (non-hydrogen) atoms. The summed E-state index contributed by atoms with van der Waals surface area (Å²) in [7, 11) is 0. The first-order valence-corrected chi connectivity index (χ1v) is 9.09. The van der Waals surface area contributed by atoms with Gasteiger partial charge in [0.25, 0.3) is 0 Å². The van der Waals surface area contributed by atoms with Crippen molar-refractivity contribution in [1.82, 2.24) is 20.4 Å². The van der Waals surface area contributed by atoms with E-state index in [1.165, 1.54) is 4.88 Å².